The zero-order valence-electron chi connectivity index (χ0n) is 22.7. The van der Waals surface area contributed by atoms with E-state index in [1.165, 1.54) is 11.1 Å². The van der Waals surface area contributed by atoms with Gasteiger partial charge in [-0.1, -0.05) is 78.9 Å². The average Bonchev–Trinajstić information content (AvgIpc) is 3.44. The summed E-state index contributed by atoms with van der Waals surface area (Å²) in [5.41, 5.74) is 4.51. The van der Waals surface area contributed by atoms with Crippen LogP contribution in [-0.2, 0) is 0 Å². The maximum Gasteiger partial charge on any atom is 0.229 e. The summed E-state index contributed by atoms with van der Waals surface area (Å²) in [6.45, 7) is 9.65. The fourth-order valence-corrected chi connectivity index (χ4v) is 5.61. The van der Waals surface area contributed by atoms with Crippen molar-refractivity contribution in [3.05, 3.63) is 108 Å². The summed E-state index contributed by atoms with van der Waals surface area (Å²) in [6.07, 6.45) is 1.92. The smallest absolute Gasteiger partial charge is 0.229 e. The third kappa shape index (κ3) is 4.98. The van der Waals surface area contributed by atoms with Gasteiger partial charge in [0.25, 0.3) is 0 Å². The Bertz CT molecular complexity index is 1450. The van der Waals surface area contributed by atoms with Crippen molar-refractivity contribution in [1.29, 1.82) is 0 Å². The molecule has 7 nitrogen and oxygen atoms in total. The number of aromatic nitrogens is 4. The first kappa shape index (κ1) is 25.1. The molecular weight excluding hydrogens is 482 g/mol. The van der Waals surface area contributed by atoms with Gasteiger partial charge < -0.3 is 9.80 Å². The molecule has 0 N–H and O–H groups in total. The number of hydrogen-bond acceptors (Lipinski definition) is 6. The van der Waals surface area contributed by atoms with Crippen LogP contribution < -0.4 is 9.80 Å². The van der Waals surface area contributed by atoms with Crippen LogP contribution in [0.5, 0.6) is 0 Å². The molecule has 0 radical (unpaired) electrons. The summed E-state index contributed by atoms with van der Waals surface area (Å²) in [4.78, 5) is 17.4. The van der Waals surface area contributed by atoms with Gasteiger partial charge in [-0.3, -0.25) is 4.90 Å². The molecule has 0 saturated carbocycles. The monoisotopic (exact) mass is 517 g/mol. The molecule has 1 aliphatic rings. The second kappa shape index (κ2) is 11.3. The van der Waals surface area contributed by atoms with Gasteiger partial charge in [0.05, 0.1) is 23.3 Å². The third-order valence-electron chi connectivity index (χ3n) is 7.65. The van der Waals surface area contributed by atoms with E-state index in [0.717, 1.165) is 67.8 Å². The lowest BCUT2D eigenvalue weighted by Crippen LogP contribution is -2.48. The van der Waals surface area contributed by atoms with Crippen LogP contribution in [-0.4, -0.2) is 63.9 Å². The predicted molar refractivity (Wildman–Crippen MR) is 159 cm³/mol. The Kier molecular flexibility index (Phi) is 7.23. The van der Waals surface area contributed by atoms with Crippen LogP contribution in [0.15, 0.2) is 97.2 Å². The largest absolute Gasteiger partial charge is 0.353 e. The van der Waals surface area contributed by atoms with Crippen LogP contribution in [0.4, 0.5) is 11.8 Å². The van der Waals surface area contributed by atoms with E-state index in [2.05, 4.69) is 101 Å². The standard InChI is InChI=1S/C32H35N7/c1-3-36(4-2)32-34-30(28-24-33-39(31(28)35-32)27-18-12-7-13-19-27)38-22-20-37(21-23-38)29(25-14-8-5-9-15-25)26-16-10-6-11-17-26/h5-19,24,29H,3-4,20-23H2,1-2H3. The number of benzene rings is 3. The average molecular weight is 518 g/mol. The minimum absolute atomic E-state index is 0.229. The van der Waals surface area contributed by atoms with E-state index in [1.807, 2.05) is 29.1 Å². The molecule has 1 saturated heterocycles. The SMILES string of the molecule is CCN(CC)c1nc(N2CCN(C(c3ccccc3)c3ccccc3)CC2)c2cnn(-c3ccccc3)c2n1. The molecule has 0 spiro atoms. The van der Waals surface area contributed by atoms with Gasteiger partial charge in [0, 0.05) is 39.3 Å². The van der Waals surface area contributed by atoms with Crippen molar-refractivity contribution < 1.29 is 0 Å². The Morgan fingerprint density at radius 2 is 1.28 bits per heavy atom. The van der Waals surface area contributed by atoms with Gasteiger partial charge in [0.15, 0.2) is 5.65 Å². The summed E-state index contributed by atoms with van der Waals surface area (Å²) in [6, 6.07) is 32.1. The Morgan fingerprint density at radius 3 is 1.85 bits per heavy atom. The van der Waals surface area contributed by atoms with E-state index < -0.39 is 0 Å². The van der Waals surface area contributed by atoms with E-state index in [4.69, 9.17) is 15.1 Å². The van der Waals surface area contributed by atoms with E-state index in [9.17, 15) is 0 Å². The molecule has 39 heavy (non-hydrogen) atoms. The Balaban J connectivity index is 1.34. The van der Waals surface area contributed by atoms with Crippen molar-refractivity contribution >= 4 is 22.8 Å². The van der Waals surface area contributed by atoms with E-state index >= 15 is 0 Å². The zero-order valence-corrected chi connectivity index (χ0v) is 22.7. The molecule has 2 aromatic heterocycles. The first-order chi connectivity index (χ1) is 19.3. The molecule has 1 aliphatic heterocycles. The molecule has 3 heterocycles. The topological polar surface area (TPSA) is 53.3 Å². The van der Waals surface area contributed by atoms with E-state index in [0.29, 0.717) is 0 Å². The van der Waals surface area contributed by atoms with E-state index in [1.54, 1.807) is 0 Å². The van der Waals surface area contributed by atoms with Crippen molar-refractivity contribution in [1.82, 2.24) is 24.6 Å². The molecule has 0 atom stereocenters. The van der Waals surface area contributed by atoms with Gasteiger partial charge >= 0.3 is 0 Å². The number of nitrogens with zero attached hydrogens (tertiary/aromatic N) is 7. The lowest BCUT2D eigenvalue weighted by atomic mass is 9.96. The molecule has 0 unspecified atom stereocenters. The van der Waals surface area contributed by atoms with Gasteiger partial charge in [-0.05, 0) is 37.1 Å². The van der Waals surface area contributed by atoms with Crippen LogP contribution in [0, 0.1) is 0 Å². The molecular formula is C32H35N7. The summed E-state index contributed by atoms with van der Waals surface area (Å²) in [7, 11) is 0. The lowest BCUT2D eigenvalue weighted by molar-refractivity contribution is 0.212. The molecule has 6 rings (SSSR count). The van der Waals surface area contributed by atoms with Crippen molar-refractivity contribution in [3.8, 4) is 5.69 Å². The Labute approximate surface area is 230 Å². The first-order valence-electron chi connectivity index (χ1n) is 13.9. The van der Waals surface area contributed by atoms with Crippen molar-refractivity contribution in [2.45, 2.75) is 19.9 Å². The third-order valence-corrected chi connectivity index (χ3v) is 7.65. The summed E-state index contributed by atoms with van der Waals surface area (Å²) < 4.78 is 1.94. The van der Waals surface area contributed by atoms with Crippen molar-refractivity contribution in [2.24, 2.45) is 0 Å². The van der Waals surface area contributed by atoms with Crippen LogP contribution >= 0.6 is 0 Å². The predicted octanol–water partition coefficient (Wildman–Crippen LogP) is 5.57. The second-order valence-corrected chi connectivity index (χ2v) is 9.90. The fraction of sp³-hybridized carbons (Fsp3) is 0.281. The minimum atomic E-state index is 0.229. The maximum atomic E-state index is 5.13. The number of anilines is 2. The first-order valence-corrected chi connectivity index (χ1v) is 13.9. The number of piperazine rings is 1. The molecule has 198 valence electrons. The minimum Gasteiger partial charge on any atom is -0.353 e. The molecule has 3 aromatic carbocycles. The molecule has 0 aliphatic carbocycles. The van der Waals surface area contributed by atoms with Gasteiger partial charge in [-0.2, -0.15) is 15.1 Å². The highest BCUT2D eigenvalue weighted by Gasteiger charge is 2.29. The van der Waals surface area contributed by atoms with Crippen LogP contribution in [0.3, 0.4) is 0 Å². The molecule has 1 fully saturated rings. The van der Waals surface area contributed by atoms with Gasteiger partial charge in [-0.25, -0.2) is 4.68 Å². The van der Waals surface area contributed by atoms with E-state index in [-0.39, 0.29) is 6.04 Å². The van der Waals surface area contributed by atoms with Gasteiger partial charge in [0.1, 0.15) is 5.82 Å². The number of fused-ring (bicyclic) bond motifs is 1. The summed E-state index contributed by atoms with van der Waals surface area (Å²) in [5, 5.41) is 5.75. The maximum absolute atomic E-state index is 5.13. The van der Waals surface area contributed by atoms with Gasteiger partial charge in [-0.15, -0.1) is 0 Å². The highest BCUT2D eigenvalue weighted by atomic mass is 15.4. The molecule has 0 bridgehead atoms. The van der Waals surface area contributed by atoms with Crippen LogP contribution in [0.25, 0.3) is 16.7 Å². The highest BCUT2D eigenvalue weighted by molar-refractivity contribution is 5.89. The summed E-state index contributed by atoms with van der Waals surface area (Å²) in [5.74, 6) is 1.73. The molecule has 7 heteroatoms. The Hall–Kier alpha value is -4.23. The zero-order chi connectivity index (χ0) is 26.6. The highest BCUT2D eigenvalue weighted by Crippen LogP contribution is 2.33. The number of para-hydroxylation sites is 1. The van der Waals surface area contributed by atoms with Crippen molar-refractivity contribution in [2.75, 3.05) is 49.1 Å². The quantitative estimate of drug-likeness (QED) is 0.268. The van der Waals surface area contributed by atoms with Crippen molar-refractivity contribution in [3.63, 3.8) is 0 Å². The number of hydrogen-bond donors (Lipinski definition) is 0. The lowest BCUT2D eigenvalue weighted by Gasteiger charge is -2.40. The molecule has 5 aromatic rings. The fourth-order valence-electron chi connectivity index (χ4n) is 5.61. The Morgan fingerprint density at radius 1 is 0.718 bits per heavy atom. The normalized spacial score (nSPS) is 14.3. The van der Waals surface area contributed by atoms with Crippen LogP contribution in [0.2, 0.25) is 0 Å². The van der Waals surface area contributed by atoms with Crippen LogP contribution in [0.1, 0.15) is 31.0 Å². The molecule has 0 amide bonds. The number of rotatable bonds is 8. The summed E-state index contributed by atoms with van der Waals surface area (Å²) >= 11 is 0. The second-order valence-electron chi connectivity index (χ2n) is 9.90. The van der Waals surface area contributed by atoms with Gasteiger partial charge in [0.2, 0.25) is 5.95 Å².